The normalized spacial score (nSPS) is 20.1. The van der Waals surface area contributed by atoms with Gasteiger partial charge in [0.2, 0.25) is 0 Å². The second-order valence-electron chi connectivity index (χ2n) is 3.57. The SMILES string of the molecule is C[C@H]1Cc2ccccc2N1/C=C/C=O. The van der Waals surface area contributed by atoms with Crippen molar-refractivity contribution in [3.8, 4) is 0 Å². The highest BCUT2D eigenvalue weighted by Gasteiger charge is 2.23. The number of carbonyl (C=O) groups is 1. The first kappa shape index (κ1) is 9.00. The molecule has 0 bridgehead atoms. The van der Waals surface area contributed by atoms with E-state index in [0.717, 1.165) is 12.7 Å². The Morgan fingerprint density at radius 2 is 2.21 bits per heavy atom. The van der Waals surface area contributed by atoms with Gasteiger partial charge < -0.3 is 4.90 Å². The van der Waals surface area contributed by atoms with Crippen LogP contribution in [0.5, 0.6) is 0 Å². The Hall–Kier alpha value is -1.57. The Morgan fingerprint density at radius 1 is 1.43 bits per heavy atom. The smallest absolute Gasteiger partial charge is 0.144 e. The van der Waals surface area contributed by atoms with Gasteiger partial charge in [-0.1, -0.05) is 18.2 Å². The number of para-hydroxylation sites is 1. The van der Waals surface area contributed by atoms with Crippen molar-refractivity contribution >= 4 is 12.0 Å². The Balaban J connectivity index is 2.34. The molecule has 0 aliphatic carbocycles. The summed E-state index contributed by atoms with van der Waals surface area (Å²) in [5.74, 6) is 0. The lowest BCUT2D eigenvalue weighted by Crippen LogP contribution is -2.22. The number of rotatable bonds is 2. The van der Waals surface area contributed by atoms with E-state index in [1.165, 1.54) is 11.3 Å². The van der Waals surface area contributed by atoms with E-state index in [4.69, 9.17) is 0 Å². The molecule has 2 heteroatoms. The van der Waals surface area contributed by atoms with Gasteiger partial charge in [-0.2, -0.15) is 0 Å². The Labute approximate surface area is 83.8 Å². The molecule has 1 aromatic carbocycles. The molecule has 1 aromatic rings. The molecule has 2 rings (SSSR count). The molecule has 14 heavy (non-hydrogen) atoms. The van der Waals surface area contributed by atoms with Crippen molar-refractivity contribution in [1.29, 1.82) is 0 Å². The molecule has 2 nitrogen and oxygen atoms in total. The van der Waals surface area contributed by atoms with E-state index in [1.54, 1.807) is 6.08 Å². The second-order valence-corrected chi connectivity index (χ2v) is 3.57. The van der Waals surface area contributed by atoms with Crippen LogP contribution in [0.1, 0.15) is 12.5 Å². The molecule has 0 saturated heterocycles. The van der Waals surface area contributed by atoms with E-state index in [1.807, 2.05) is 12.3 Å². The fourth-order valence-electron chi connectivity index (χ4n) is 1.94. The predicted octanol–water partition coefficient (Wildman–Crippen LogP) is 2.15. The fourth-order valence-corrected chi connectivity index (χ4v) is 1.94. The van der Waals surface area contributed by atoms with Crippen LogP contribution in [0.4, 0.5) is 5.69 Å². The van der Waals surface area contributed by atoms with Crippen LogP contribution in [0, 0.1) is 0 Å². The molecule has 1 aliphatic heterocycles. The molecule has 72 valence electrons. The monoisotopic (exact) mass is 187 g/mol. The summed E-state index contributed by atoms with van der Waals surface area (Å²) >= 11 is 0. The lowest BCUT2D eigenvalue weighted by molar-refractivity contribution is -0.104. The highest BCUT2D eigenvalue weighted by molar-refractivity contribution is 5.68. The summed E-state index contributed by atoms with van der Waals surface area (Å²) in [5, 5.41) is 0. The van der Waals surface area contributed by atoms with Crippen LogP contribution in [-0.2, 0) is 11.2 Å². The minimum Gasteiger partial charge on any atom is -0.345 e. The second kappa shape index (κ2) is 3.66. The average molecular weight is 187 g/mol. The van der Waals surface area contributed by atoms with Gasteiger partial charge in [0, 0.05) is 17.9 Å². The fraction of sp³-hybridized carbons (Fsp3) is 0.250. The molecule has 1 atom stereocenters. The number of hydrogen-bond donors (Lipinski definition) is 0. The molecule has 0 unspecified atom stereocenters. The summed E-state index contributed by atoms with van der Waals surface area (Å²) in [6, 6.07) is 8.76. The number of anilines is 1. The molecule has 0 saturated carbocycles. The van der Waals surface area contributed by atoms with Gasteiger partial charge in [0.1, 0.15) is 6.29 Å². The first-order valence-electron chi connectivity index (χ1n) is 4.81. The van der Waals surface area contributed by atoms with Crippen molar-refractivity contribution in [3.63, 3.8) is 0 Å². The van der Waals surface area contributed by atoms with Crippen LogP contribution in [0.2, 0.25) is 0 Å². The third-order valence-electron chi connectivity index (χ3n) is 2.59. The highest BCUT2D eigenvalue weighted by Crippen LogP contribution is 2.31. The molecule has 0 radical (unpaired) electrons. The first-order chi connectivity index (χ1) is 6.83. The lowest BCUT2D eigenvalue weighted by Gasteiger charge is -2.19. The van der Waals surface area contributed by atoms with Gasteiger partial charge in [-0.05, 0) is 31.1 Å². The van der Waals surface area contributed by atoms with E-state index in [9.17, 15) is 4.79 Å². The van der Waals surface area contributed by atoms with E-state index in [2.05, 4.69) is 30.0 Å². The molecule has 1 aliphatic rings. The van der Waals surface area contributed by atoms with Gasteiger partial charge in [-0.3, -0.25) is 4.79 Å². The Bertz CT molecular complexity index is 370. The van der Waals surface area contributed by atoms with Crippen molar-refractivity contribution in [2.45, 2.75) is 19.4 Å². The van der Waals surface area contributed by atoms with E-state index in [-0.39, 0.29) is 0 Å². The van der Waals surface area contributed by atoms with Crippen molar-refractivity contribution in [1.82, 2.24) is 0 Å². The number of aldehydes is 1. The summed E-state index contributed by atoms with van der Waals surface area (Å²) in [6.07, 6.45) is 5.26. The summed E-state index contributed by atoms with van der Waals surface area (Å²) < 4.78 is 0. The van der Waals surface area contributed by atoms with Gasteiger partial charge in [-0.25, -0.2) is 0 Å². The average Bonchev–Trinajstić information content (AvgIpc) is 2.51. The molecule has 0 fully saturated rings. The minimum atomic E-state index is 0.448. The van der Waals surface area contributed by atoms with Gasteiger partial charge >= 0.3 is 0 Å². The molecular formula is C12H13NO. The van der Waals surface area contributed by atoms with Crippen LogP contribution in [-0.4, -0.2) is 12.3 Å². The molecule has 0 spiro atoms. The molecule has 0 N–H and O–H groups in total. The third-order valence-corrected chi connectivity index (χ3v) is 2.59. The van der Waals surface area contributed by atoms with E-state index in [0.29, 0.717) is 6.04 Å². The molecule has 0 amide bonds. The van der Waals surface area contributed by atoms with Crippen molar-refractivity contribution < 1.29 is 4.79 Å². The third kappa shape index (κ3) is 1.43. The van der Waals surface area contributed by atoms with Crippen LogP contribution >= 0.6 is 0 Å². The maximum absolute atomic E-state index is 10.3. The summed E-state index contributed by atoms with van der Waals surface area (Å²) in [4.78, 5) is 12.4. The van der Waals surface area contributed by atoms with Crippen LogP contribution in [0.25, 0.3) is 0 Å². The standard InChI is InChI=1S/C12H13NO/c1-10-9-11-5-2-3-6-12(11)13(10)7-4-8-14/h2-8,10H,9H2,1H3/b7-4+/t10-/m0/s1. The number of nitrogens with zero attached hydrogens (tertiary/aromatic N) is 1. The summed E-state index contributed by atoms with van der Waals surface area (Å²) in [7, 11) is 0. The van der Waals surface area contributed by atoms with Gasteiger partial charge in [0.05, 0.1) is 0 Å². The number of carbonyl (C=O) groups excluding carboxylic acids is 1. The number of hydrogen-bond acceptors (Lipinski definition) is 2. The zero-order chi connectivity index (χ0) is 9.97. The van der Waals surface area contributed by atoms with Crippen LogP contribution < -0.4 is 4.90 Å². The minimum absolute atomic E-state index is 0.448. The number of allylic oxidation sites excluding steroid dienone is 1. The Morgan fingerprint density at radius 3 is 3.00 bits per heavy atom. The van der Waals surface area contributed by atoms with Crippen LogP contribution in [0.15, 0.2) is 36.5 Å². The van der Waals surface area contributed by atoms with Crippen LogP contribution in [0.3, 0.4) is 0 Å². The van der Waals surface area contributed by atoms with Gasteiger partial charge in [-0.15, -0.1) is 0 Å². The summed E-state index contributed by atoms with van der Waals surface area (Å²) in [5.41, 5.74) is 2.58. The topological polar surface area (TPSA) is 20.3 Å². The zero-order valence-electron chi connectivity index (χ0n) is 8.18. The molecular weight excluding hydrogens is 174 g/mol. The lowest BCUT2D eigenvalue weighted by atomic mass is 10.1. The first-order valence-corrected chi connectivity index (χ1v) is 4.81. The Kier molecular flexibility index (Phi) is 2.35. The van der Waals surface area contributed by atoms with E-state index >= 15 is 0 Å². The highest BCUT2D eigenvalue weighted by atomic mass is 16.1. The van der Waals surface area contributed by atoms with Crippen molar-refractivity contribution in [3.05, 3.63) is 42.1 Å². The van der Waals surface area contributed by atoms with Gasteiger partial charge in [0.15, 0.2) is 0 Å². The summed E-state index contributed by atoms with van der Waals surface area (Å²) in [6.45, 7) is 2.16. The van der Waals surface area contributed by atoms with E-state index < -0.39 is 0 Å². The maximum Gasteiger partial charge on any atom is 0.144 e. The quantitative estimate of drug-likeness (QED) is 0.522. The number of fused-ring (bicyclic) bond motifs is 1. The number of benzene rings is 1. The maximum atomic E-state index is 10.3. The largest absolute Gasteiger partial charge is 0.345 e. The van der Waals surface area contributed by atoms with Crippen molar-refractivity contribution in [2.24, 2.45) is 0 Å². The van der Waals surface area contributed by atoms with Crippen molar-refractivity contribution in [2.75, 3.05) is 4.90 Å². The zero-order valence-corrected chi connectivity index (χ0v) is 8.18. The predicted molar refractivity (Wildman–Crippen MR) is 57.3 cm³/mol. The molecule has 0 aromatic heterocycles. The molecule has 1 heterocycles. The van der Waals surface area contributed by atoms with Gasteiger partial charge in [0.25, 0.3) is 0 Å².